The minimum absolute atomic E-state index is 0.0185. The van der Waals surface area contributed by atoms with Gasteiger partial charge in [0.1, 0.15) is 5.82 Å². The lowest BCUT2D eigenvalue weighted by atomic mass is 9.82. The van der Waals surface area contributed by atoms with Crippen LogP contribution in [0.4, 0.5) is 0 Å². The maximum atomic E-state index is 13.0. The second-order valence-electron chi connectivity index (χ2n) is 10.0. The van der Waals surface area contributed by atoms with Crippen LogP contribution in [-0.4, -0.2) is 51.1 Å². The number of nitrogens with zero attached hydrogens (tertiary/aromatic N) is 2. The first-order valence-corrected chi connectivity index (χ1v) is 11.9. The van der Waals surface area contributed by atoms with Crippen molar-refractivity contribution in [1.82, 2.24) is 14.9 Å². The molecule has 34 heavy (non-hydrogen) atoms. The molecule has 2 heterocycles. The Hall–Kier alpha value is -2.90. The van der Waals surface area contributed by atoms with Crippen molar-refractivity contribution in [1.29, 1.82) is 0 Å². The van der Waals surface area contributed by atoms with Crippen molar-refractivity contribution in [2.24, 2.45) is 0 Å². The molecule has 4 rings (SSSR count). The van der Waals surface area contributed by atoms with E-state index in [1.807, 2.05) is 79.5 Å². The number of carbonyl (C=O) groups excluding carboxylic acids is 1. The van der Waals surface area contributed by atoms with Crippen LogP contribution in [0.5, 0.6) is 0 Å². The molecule has 1 fully saturated rings. The maximum absolute atomic E-state index is 13.0. The summed E-state index contributed by atoms with van der Waals surface area (Å²) < 4.78 is 5.84. The largest absolute Gasteiger partial charge is 0.427 e. The molecule has 2 N–H and O–H groups in total. The van der Waals surface area contributed by atoms with E-state index in [4.69, 9.17) is 4.65 Å². The van der Waals surface area contributed by atoms with Gasteiger partial charge in [-0.2, -0.15) is 0 Å². The second kappa shape index (κ2) is 9.76. The molecule has 0 bridgehead atoms. The van der Waals surface area contributed by atoms with Gasteiger partial charge in [-0.25, -0.2) is 4.98 Å². The number of imidazole rings is 1. The number of hydrogen-bond donors (Lipinski definition) is 2. The standard InChI is InChI=1S/C27H33BN3O3/c1-26(2,33)27(3,4)34-28-21-14-12-20(13-15-21)22-18-29-25(30-22)23-11-8-16-31(23)24(32)17-19-9-6-5-7-10-19/h5-7,9-10,12-15,18,23,33H,8,11,16-17H2,1-4H3,(H,29,30)/t23-/m0/s1. The average Bonchev–Trinajstić information content (AvgIpc) is 3.48. The van der Waals surface area contributed by atoms with Gasteiger partial charge in [0.15, 0.2) is 0 Å². The number of aliphatic hydroxyl groups is 1. The lowest BCUT2D eigenvalue weighted by Crippen LogP contribution is -2.49. The number of H-pyrrole nitrogens is 1. The van der Waals surface area contributed by atoms with Crippen LogP contribution in [0.1, 0.15) is 58.0 Å². The van der Waals surface area contributed by atoms with E-state index in [1.165, 1.54) is 0 Å². The molecule has 0 spiro atoms. The van der Waals surface area contributed by atoms with Crippen molar-refractivity contribution in [3.8, 4) is 11.3 Å². The van der Waals surface area contributed by atoms with E-state index in [1.54, 1.807) is 21.3 Å². The Kier molecular flexibility index (Phi) is 6.96. The molecular weight excluding hydrogens is 425 g/mol. The van der Waals surface area contributed by atoms with Crippen LogP contribution in [0.15, 0.2) is 60.8 Å². The van der Waals surface area contributed by atoms with Crippen molar-refractivity contribution in [2.75, 3.05) is 6.54 Å². The molecule has 2 aromatic carbocycles. The Morgan fingerprint density at radius 2 is 1.85 bits per heavy atom. The first-order valence-electron chi connectivity index (χ1n) is 11.9. The summed E-state index contributed by atoms with van der Waals surface area (Å²) >= 11 is 0. The second-order valence-corrected chi connectivity index (χ2v) is 10.0. The summed E-state index contributed by atoms with van der Waals surface area (Å²) in [4.78, 5) is 23.0. The monoisotopic (exact) mass is 458 g/mol. The zero-order valence-electron chi connectivity index (χ0n) is 20.4. The van der Waals surface area contributed by atoms with Gasteiger partial charge in [-0.05, 0) is 51.7 Å². The van der Waals surface area contributed by atoms with Crippen LogP contribution in [0.25, 0.3) is 11.3 Å². The molecule has 0 unspecified atom stereocenters. The Bertz CT molecular complexity index is 1100. The predicted octanol–water partition coefficient (Wildman–Crippen LogP) is 3.79. The molecule has 1 radical (unpaired) electrons. The summed E-state index contributed by atoms with van der Waals surface area (Å²) in [5.41, 5.74) is 2.19. The highest BCUT2D eigenvalue weighted by Gasteiger charge is 2.35. The third-order valence-electron chi connectivity index (χ3n) is 6.87. The van der Waals surface area contributed by atoms with Crippen LogP contribution in [0.3, 0.4) is 0 Å². The zero-order valence-corrected chi connectivity index (χ0v) is 20.4. The first kappa shape index (κ1) is 24.2. The molecule has 1 saturated heterocycles. The van der Waals surface area contributed by atoms with Gasteiger partial charge < -0.3 is 19.6 Å². The van der Waals surface area contributed by atoms with E-state index in [9.17, 15) is 9.90 Å². The van der Waals surface area contributed by atoms with Crippen molar-refractivity contribution < 1.29 is 14.6 Å². The van der Waals surface area contributed by atoms with Crippen LogP contribution < -0.4 is 5.46 Å². The number of likely N-dealkylation sites (tertiary alicyclic amines) is 1. The van der Waals surface area contributed by atoms with E-state index >= 15 is 0 Å². The Balaban J connectivity index is 1.41. The van der Waals surface area contributed by atoms with Gasteiger partial charge in [-0.3, -0.25) is 4.79 Å². The average molecular weight is 458 g/mol. The van der Waals surface area contributed by atoms with Gasteiger partial charge in [-0.15, -0.1) is 0 Å². The number of hydrogen-bond acceptors (Lipinski definition) is 4. The lowest BCUT2D eigenvalue weighted by Gasteiger charge is -2.37. The SMILES string of the molecule is CC(C)(O)C(C)(C)O[B]c1ccc(-c2cnc([C@@H]3CCCN3C(=O)Cc3ccccc3)[nH]2)cc1. The molecule has 0 aliphatic carbocycles. The number of aromatic nitrogens is 2. The van der Waals surface area contributed by atoms with Crippen LogP contribution in [-0.2, 0) is 15.9 Å². The predicted molar refractivity (Wildman–Crippen MR) is 135 cm³/mol. The third-order valence-corrected chi connectivity index (χ3v) is 6.87. The molecule has 1 aliphatic heterocycles. The number of nitrogens with one attached hydrogen (secondary N) is 1. The molecule has 6 nitrogen and oxygen atoms in total. The van der Waals surface area contributed by atoms with Gasteiger partial charge in [0.2, 0.25) is 5.91 Å². The summed E-state index contributed by atoms with van der Waals surface area (Å²) in [6, 6.07) is 17.8. The minimum atomic E-state index is -0.966. The Labute approximate surface area is 202 Å². The number of rotatable bonds is 8. The van der Waals surface area contributed by atoms with Gasteiger partial charge >= 0.3 is 7.48 Å². The molecule has 177 valence electrons. The number of benzene rings is 2. The first-order chi connectivity index (χ1) is 16.1. The van der Waals surface area contributed by atoms with Gasteiger partial charge in [-0.1, -0.05) is 60.1 Å². The topological polar surface area (TPSA) is 78.5 Å². The molecule has 1 atom stereocenters. The Morgan fingerprint density at radius 1 is 1.15 bits per heavy atom. The highest BCUT2D eigenvalue weighted by Crippen LogP contribution is 2.32. The van der Waals surface area contributed by atoms with E-state index < -0.39 is 11.2 Å². The summed E-state index contributed by atoms with van der Waals surface area (Å²) in [5.74, 6) is 0.973. The minimum Gasteiger partial charge on any atom is -0.427 e. The van der Waals surface area contributed by atoms with Crippen molar-refractivity contribution in [2.45, 2.75) is 64.2 Å². The maximum Gasteiger partial charge on any atom is 0.330 e. The lowest BCUT2D eigenvalue weighted by molar-refractivity contribution is -0.131. The van der Waals surface area contributed by atoms with Gasteiger partial charge in [0, 0.05) is 6.54 Å². The van der Waals surface area contributed by atoms with Crippen molar-refractivity contribution >= 4 is 18.9 Å². The molecule has 1 aliphatic rings. The third kappa shape index (κ3) is 5.42. The molecule has 3 aromatic rings. The number of amides is 1. The molecule has 7 heteroatoms. The summed E-state index contributed by atoms with van der Waals surface area (Å²) in [5, 5.41) is 10.3. The van der Waals surface area contributed by atoms with Crippen molar-refractivity contribution in [3.05, 3.63) is 72.2 Å². The highest BCUT2D eigenvalue weighted by molar-refractivity contribution is 6.47. The molecule has 1 aromatic heterocycles. The summed E-state index contributed by atoms with van der Waals surface area (Å²) in [6.45, 7) is 7.96. The van der Waals surface area contributed by atoms with Gasteiger partial charge in [0.25, 0.3) is 0 Å². The fourth-order valence-corrected chi connectivity index (χ4v) is 3.97. The van der Waals surface area contributed by atoms with Crippen molar-refractivity contribution in [3.63, 3.8) is 0 Å². The number of carbonyl (C=O) groups is 1. The molecule has 1 amide bonds. The van der Waals surface area contributed by atoms with Crippen LogP contribution >= 0.6 is 0 Å². The fraction of sp³-hybridized carbons (Fsp3) is 0.407. The quantitative estimate of drug-likeness (QED) is 0.504. The van der Waals surface area contributed by atoms with E-state index in [2.05, 4.69) is 9.97 Å². The summed E-state index contributed by atoms with van der Waals surface area (Å²) in [6.07, 6.45) is 4.14. The smallest absolute Gasteiger partial charge is 0.330 e. The number of aromatic amines is 1. The van der Waals surface area contributed by atoms with E-state index in [0.29, 0.717) is 6.42 Å². The van der Waals surface area contributed by atoms with E-state index in [0.717, 1.165) is 47.5 Å². The normalized spacial score (nSPS) is 16.6. The van der Waals surface area contributed by atoms with E-state index in [-0.39, 0.29) is 11.9 Å². The van der Waals surface area contributed by atoms with Crippen LogP contribution in [0, 0.1) is 0 Å². The highest BCUT2D eigenvalue weighted by atomic mass is 16.5. The summed E-state index contributed by atoms with van der Waals surface area (Å²) in [7, 11) is 1.68. The van der Waals surface area contributed by atoms with Gasteiger partial charge in [0.05, 0.1) is 35.6 Å². The Morgan fingerprint density at radius 3 is 2.53 bits per heavy atom. The van der Waals surface area contributed by atoms with Crippen LogP contribution in [0.2, 0.25) is 0 Å². The fourth-order valence-electron chi connectivity index (χ4n) is 3.97. The zero-order chi connectivity index (χ0) is 24.3. The molecular formula is C27H33BN3O3. The molecule has 0 saturated carbocycles.